The van der Waals surface area contributed by atoms with E-state index >= 15 is 0 Å². The fourth-order valence-electron chi connectivity index (χ4n) is 4.42. The number of nitrogens with zero attached hydrogens (tertiary/aromatic N) is 6. The van der Waals surface area contributed by atoms with E-state index in [1.807, 2.05) is 0 Å². The molecule has 46 heavy (non-hydrogen) atoms. The number of aliphatic carboxylic acids is 2. The fraction of sp³-hybridized carbons (Fsp3) is 0.480. The Hall–Kier alpha value is -4.76. The molecule has 2 aromatic rings. The number of unbranched alkanes of at least 4 members (excludes halogenated alkanes) is 1. The van der Waals surface area contributed by atoms with Crippen LogP contribution in [0.1, 0.15) is 38.9 Å². The van der Waals surface area contributed by atoms with E-state index in [1.54, 1.807) is 17.9 Å². The SMILES string of the molecule is Cn1c(N)c(NC(=O)CCCCN)c[n+]1CC1=C(C(=O)[O-])N2C(=O)[C@@H](NC(=O)/C(=N\OC(C)(C)C(=O)O)c3nsc(N)n3)[C@H]2SC1. The maximum atomic E-state index is 13.3. The second kappa shape index (κ2) is 13.7. The number of nitrogen functional groups attached to an aromatic ring is 2. The maximum Gasteiger partial charge on any atom is 0.350 e. The summed E-state index contributed by atoms with van der Waals surface area (Å²) in [5.74, 6) is -4.80. The van der Waals surface area contributed by atoms with Crippen LogP contribution >= 0.6 is 23.3 Å². The number of thioether (sulfide) groups is 1. The topological polar surface area (TPSA) is 290 Å². The van der Waals surface area contributed by atoms with Crippen LogP contribution in [0.25, 0.3) is 0 Å². The minimum Gasteiger partial charge on any atom is -0.543 e. The number of nitrogens with one attached hydrogen (secondary N) is 2. The van der Waals surface area contributed by atoms with Gasteiger partial charge in [-0.25, -0.2) is 4.79 Å². The van der Waals surface area contributed by atoms with Crippen molar-refractivity contribution in [2.45, 2.75) is 56.7 Å². The summed E-state index contributed by atoms with van der Waals surface area (Å²) in [6, 6.07) is -1.18. The average Bonchev–Trinajstić information content (AvgIpc) is 3.53. The number of carbonyl (C=O) groups excluding carboxylic acids is 4. The van der Waals surface area contributed by atoms with E-state index in [9.17, 15) is 34.2 Å². The number of oxime groups is 1. The lowest BCUT2D eigenvalue weighted by atomic mass is 10.0. The number of carboxylic acids is 2. The van der Waals surface area contributed by atoms with Gasteiger partial charge in [-0.05, 0) is 33.2 Å². The third-order valence-electron chi connectivity index (χ3n) is 7.05. The second-order valence-corrected chi connectivity index (χ2v) is 12.6. The van der Waals surface area contributed by atoms with Crippen molar-refractivity contribution in [3.8, 4) is 0 Å². The van der Waals surface area contributed by atoms with Gasteiger partial charge in [0.1, 0.15) is 11.4 Å². The molecule has 0 aliphatic carbocycles. The summed E-state index contributed by atoms with van der Waals surface area (Å²) in [7, 11) is 1.63. The summed E-state index contributed by atoms with van der Waals surface area (Å²) < 4.78 is 7.03. The lowest BCUT2D eigenvalue weighted by Gasteiger charge is -2.50. The Labute approximate surface area is 269 Å². The predicted octanol–water partition coefficient (Wildman–Crippen LogP) is -2.92. The molecular formula is C25H33N11O8S2. The lowest BCUT2D eigenvalue weighted by Crippen LogP contribution is -2.71. The van der Waals surface area contributed by atoms with Gasteiger partial charge in [-0.3, -0.25) is 19.3 Å². The smallest absolute Gasteiger partial charge is 0.350 e. The summed E-state index contributed by atoms with van der Waals surface area (Å²) in [6.45, 7) is 2.88. The molecule has 19 nitrogen and oxygen atoms in total. The number of amides is 3. The van der Waals surface area contributed by atoms with E-state index in [2.05, 4.69) is 25.1 Å². The van der Waals surface area contributed by atoms with Gasteiger partial charge in [-0.2, -0.15) is 9.36 Å². The van der Waals surface area contributed by atoms with Gasteiger partial charge in [0.15, 0.2) is 23.2 Å². The Kier molecular flexibility index (Phi) is 10.2. The molecule has 3 amide bonds. The lowest BCUT2D eigenvalue weighted by molar-refractivity contribution is -0.765. The molecule has 4 rings (SSSR count). The number of carboxylic acid groups (broad SMARTS) is 2. The highest BCUT2D eigenvalue weighted by Crippen LogP contribution is 2.40. The molecule has 2 atom stereocenters. The normalized spacial score (nSPS) is 18.1. The predicted molar refractivity (Wildman–Crippen MR) is 162 cm³/mol. The van der Waals surface area contributed by atoms with Crippen LogP contribution in [0, 0.1) is 0 Å². The minimum absolute atomic E-state index is 0.00198. The molecular weight excluding hydrogens is 646 g/mol. The molecule has 0 spiro atoms. The van der Waals surface area contributed by atoms with Gasteiger partial charge in [0.05, 0.1) is 18.7 Å². The third kappa shape index (κ3) is 7.05. The number of hydrogen-bond acceptors (Lipinski definition) is 15. The highest BCUT2D eigenvalue weighted by molar-refractivity contribution is 8.00. The third-order valence-corrected chi connectivity index (χ3v) is 8.93. The van der Waals surface area contributed by atoms with E-state index in [0.29, 0.717) is 30.6 Å². The molecule has 0 aromatic carbocycles. The van der Waals surface area contributed by atoms with E-state index < -0.39 is 46.5 Å². The van der Waals surface area contributed by atoms with E-state index in [0.717, 1.165) is 16.4 Å². The minimum atomic E-state index is -1.82. The van der Waals surface area contributed by atoms with Crippen molar-refractivity contribution in [2.75, 3.05) is 29.1 Å². The Morgan fingerprint density at radius 1 is 1.28 bits per heavy atom. The Balaban J connectivity index is 1.52. The van der Waals surface area contributed by atoms with E-state index in [4.69, 9.17) is 22.0 Å². The van der Waals surface area contributed by atoms with Crippen LogP contribution in [0.3, 0.4) is 0 Å². The van der Waals surface area contributed by atoms with Crippen molar-refractivity contribution in [3.63, 3.8) is 0 Å². The molecule has 2 aliphatic heterocycles. The van der Waals surface area contributed by atoms with Crippen LogP contribution < -0.4 is 37.6 Å². The molecule has 0 radical (unpaired) electrons. The molecule has 248 valence electrons. The highest BCUT2D eigenvalue weighted by atomic mass is 32.2. The molecule has 2 aromatic heterocycles. The van der Waals surface area contributed by atoms with Crippen LogP contribution in [-0.4, -0.2) is 88.7 Å². The van der Waals surface area contributed by atoms with E-state index in [1.165, 1.54) is 30.3 Å². The van der Waals surface area contributed by atoms with Crippen molar-refractivity contribution in [2.24, 2.45) is 17.9 Å². The van der Waals surface area contributed by atoms with Crippen molar-refractivity contribution < 1.29 is 43.7 Å². The largest absolute Gasteiger partial charge is 0.543 e. The quantitative estimate of drug-likeness (QED) is 0.0384. The van der Waals surface area contributed by atoms with Gasteiger partial charge in [-0.1, -0.05) is 5.16 Å². The van der Waals surface area contributed by atoms with Gasteiger partial charge in [0.2, 0.25) is 29.2 Å². The molecule has 2 aliphatic rings. The number of aromatic nitrogens is 4. The number of anilines is 3. The Morgan fingerprint density at radius 3 is 2.61 bits per heavy atom. The Morgan fingerprint density at radius 2 is 2.00 bits per heavy atom. The van der Waals surface area contributed by atoms with Crippen LogP contribution in [-0.2, 0) is 42.4 Å². The summed E-state index contributed by atoms with van der Waals surface area (Å²) in [5.41, 5.74) is 15.2. The highest BCUT2D eigenvalue weighted by Gasteiger charge is 2.53. The first-order valence-electron chi connectivity index (χ1n) is 13.8. The van der Waals surface area contributed by atoms with Gasteiger partial charge in [0.25, 0.3) is 11.8 Å². The van der Waals surface area contributed by atoms with Crippen molar-refractivity contribution >= 4 is 75.3 Å². The zero-order valence-electron chi connectivity index (χ0n) is 25.0. The number of nitrogens with two attached hydrogens (primary N) is 3. The molecule has 9 N–H and O–H groups in total. The fourth-order valence-corrected chi connectivity index (χ4v) is 6.19. The molecule has 1 saturated heterocycles. The molecule has 0 unspecified atom stereocenters. The average molecular weight is 680 g/mol. The van der Waals surface area contributed by atoms with Gasteiger partial charge in [-0.15, -0.1) is 21.1 Å². The van der Waals surface area contributed by atoms with Crippen LogP contribution in [0.5, 0.6) is 0 Å². The summed E-state index contributed by atoms with van der Waals surface area (Å²) in [6.07, 6.45) is 3.12. The standard InChI is InChI=1S/C25H33N11O8S2/c1-25(2,23(42)43)44-32-14(18-31-24(28)46-33-18)19(38)30-15-20(39)36-16(22(40)41)11(10-45-21(15)36)8-35-9-12(17(27)34(35)3)29-13(37)6-4-5-7-26/h9,15,21,27H,4-8,10,26H2,1-3H3,(H6,28,29,30,31,33,37,38,40,41,42,43)/b32-14-/t15-,21-/m1/s1. The molecule has 0 bridgehead atoms. The van der Waals surface area contributed by atoms with Crippen molar-refractivity contribution in [1.29, 1.82) is 0 Å². The first kappa shape index (κ1) is 34.1. The molecule has 0 saturated carbocycles. The summed E-state index contributed by atoms with van der Waals surface area (Å²) in [4.78, 5) is 72.5. The second-order valence-electron chi connectivity index (χ2n) is 10.7. The van der Waals surface area contributed by atoms with Crippen molar-refractivity contribution in [3.05, 3.63) is 23.3 Å². The molecule has 4 heterocycles. The number of fused-ring (bicyclic) bond motifs is 1. The first-order valence-corrected chi connectivity index (χ1v) is 15.6. The summed E-state index contributed by atoms with van der Waals surface area (Å²) in [5, 5.41) is 29.7. The number of hydrogen-bond donors (Lipinski definition) is 6. The van der Waals surface area contributed by atoms with Gasteiger partial charge < -0.3 is 47.7 Å². The van der Waals surface area contributed by atoms with Crippen LogP contribution in [0.2, 0.25) is 0 Å². The Bertz CT molecular complexity index is 1630. The van der Waals surface area contributed by atoms with E-state index in [-0.39, 0.29) is 47.1 Å². The van der Waals surface area contributed by atoms with Crippen LogP contribution in [0.4, 0.5) is 16.6 Å². The van der Waals surface area contributed by atoms with Gasteiger partial charge in [0, 0.05) is 29.3 Å². The molecule has 21 heteroatoms. The zero-order valence-corrected chi connectivity index (χ0v) is 26.6. The number of carbonyl (C=O) groups is 5. The van der Waals surface area contributed by atoms with Crippen molar-refractivity contribution in [1.82, 2.24) is 24.3 Å². The monoisotopic (exact) mass is 679 g/mol. The first-order chi connectivity index (χ1) is 21.7. The van der Waals surface area contributed by atoms with Crippen LogP contribution in [0.15, 0.2) is 22.6 Å². The molecule has 1 fully saturated rings. The van der Waals surface area contributed by atoms with Gasteiger partial charge >= 0.3 is 5.97 Å². The maximum absolute atomic E-state index is 13.3. The zero-order chi connectivity index (χ0) is 33.9. The number of β-lactam (4-membered cyclic amide) rings is 1. The number of rotatable bonds is 14. The summed E-state index contributed by atoms with van der Waals surface area (Å²) >= 11 is 1.95.